The Morgan fingerprint density at radius 2 is 2.00 bits per heavy atom. The summed E-state index contributed by atoms with van der Waals surface area (Å²) in [4.78, 5) is 0. The highest BCUT2D eigenvalue weighted by Gasteiger charge is 2.24. The van der Waals surface area contributed by atoms with Crippen molar-refractivity contribution in [1.29, 1.82) is 0 Å². The summed E-state index contributed by atoms with van der Waals surface area (Å²) in [6.07, 6.45) is 5.45. The molecule has 0 N–H and O–H groups in total. The highest BCUT2D eigenvalue weighted by Crippen LogP contribution is 2.18. The van der Waals surface area contributed by atoms with Gasteiger partial charge in [-0.1, -0.05) is 59.0 Å². The van der Waals surface area contributed by atoms with Crippen LogP contribution >= 0.6 is 22.6 Å². The van der Waals surface area contributed by atoms with Crippen LogP contribution in [0.1, 0.15) is 18.4 Å². The normalized spacial score (nSPS) is 13.3. The largest absolute Gasteiger partial charge is 0.413 e. The third-order valence-electron chi connectivity index (χ3n) is 2.83. The summed E-state index contributed by atoms with van der Waals surface area (Å²) in [6.45, 7) is 8.42. The molecule has 0 heterocycles. The molecule has 100 valence electrons. The van der Waals surface area contributed by atoms with Gasteiger partial charge in [-0.05, 0) is 37.9 Å². The van der Waals surface area contributed by atoms with Crippen LogP contribution in [0.15, 0.2) is 43.0 Å². The molecule has 0 aliphatic rings. The molecule has 0 fully saturated rings. The SMILES string of the molecule is C=CCC(CCc1ccccc1)O[Si](C)(C)CI. The Balaban J connectivity index is 2.50. The number of aryl methyl sites for hydroxylation is 1. The smallest absolute Gasteiger partial charge is 0.196 e. The molecule has 0 aromatic heterocycles. The topological polar surface area (TPSA) is 9.23 Å². The van der Waals surface area contributed by atoms with Crippen LogP contribution in [-0.4, -0.2) is 18.5 Å². The zero-order chi connectivity index (χ0) is 13.4. The third-order valence-corrected chi connectivity index (χ3v) is 9.96. The van der Waals surface area contributed by atoms with Crippen molar-refractivity contribution >= 4 is 30.9 Å². The molecule has 1 aromatic carbocycles. The Morgan fingerprint density at radius 1 is 1.33 bits per heavy atom. The first kappa shape index (κ1) is 15.9. The van der Waals surface area contributed by atoms with E-state index < -0.39 is 8.32 Å². The zero-order valence-corrected chi connectivity index (χ0v) is 14.5. The van der Waals surface area contributed by atoms with Crippen LogP contribution in [0.3, 0.4) is 0 Å². The van der Waals surface area contributed by atoms with E-state index in [1.807, 2.05) is 6.08 Å². The molecule has 0 saturated carbocycles. The molecule has 1 rings (SSSR count). The van der Waals surface area contributed by atoms with E-state index in [1.54, 1.807) is 0 Å². The van der Waals surface area contributed by atoms with Gasteiger partial charge in [0, 0.05) is 10.2 Å². The lowest BCUT2D eigenvalue weighted by Gasteiger charge is -2.27. The summed E-state index contributed by atoms with van der Waals surface area (Å²) >= 11 is 2.44. The second-order valence-corrected chi connectivity index (χ2v) is 11.5. The zero-order valence-electron chi connectivity index (χ0n) is 11.4. The Hall–Kier alpha value is -0.133. The number of hydrogen-bond acceptors (Lipinski definition) is 1. The first-order valence-corrected chi connectivity index (χ1v) is 11.1. The lowest BCUT2D eigenvalue weighted by atomic mass is 10.1. The van der Waals surface area contributed by atoms with E-state index in [9.17, 15) is 0 Å². The van der Waals surface area contributed by atoms with Crippen LogP contribution in [0, 0.1) is 0 Å². The molecular formula is C15H23IOSi. The molecule has 18 heavy (non-hydrogen) atoms. The van der Waals surface area contributed by atoms with Crippen LogP contribution in [0.2, 0.25) is 13.1 Å². The lowest BCUT2D eigenvalue weighted by Crippen LogP contribution is -2.37. The Bertz CT molecular complexity index is 351. The highest BCUT2D eigenvalue weighted by atomic mass is 127. The van der Waals surface area contributed by atoms with E-state index in [4.69, 9.17) is 4.43 Å². The van der Waals surface area contributed by atoms with Gasteiger partial charge in [0.2, 0.25) is 0 Å². The number of alkyl halides is 1. The van der Waals surface area contributed by atoms with E-state index in [1.165, 1.54) is 5.56 Å². The molecule has 0 aliphatic heterocycles. The summed E-state index contributed by atoms with van der Waals surface area (Å²) in [5.74, 6) is 0. The molecule has 1 nitrogen and oxygen atoms in total. The molecule has 1 unspecified atom stereocenters. The number of rotatable bonds is 8. The van der Waals surface area contributed by atoms with Crippen LogP contribution in [0.5, 0.6) is 0 Å². The average Bonchev–Trinajstić information content (AvgIpc) is 2.37. The van der Waals surface area contributed by atoms with E-state index in [2.05, 4.69) is 72.6 Å². The van der Waals surface area contributed by atoms with Crippen LogP contribution in [0.25, 0.3) is 0 Å². The third kappa shape index (κ3) is 6.16. The van der Waals surface area contributed by atoms with Gasteiger partial charge in [-0.2, -0.15) is 0 Å². The van der Waals surface area contributed by atoms with Crippen molar-refractivity contribution in [3.05, 3.63) is 48.6 Å². The van der Waals surface area contributed by atoms with Crippen molar-refractivity contribution < 1.29 is 4.43 Å². The first-order chi connectivity index (χ1) is 8.57. The monoisotopic (exact) mass is 374 g/mol. The van der Waals surface area contributed by atoms with Crippen LogP contribution in [0.4, 0.5) is 0 Å². The Kier molecular flexibility index (Phi) is 7.18. The summed E-state index contributed by atoms with van der Waals surface area (Å²) in [7, 11) is -1.48. The van der Waals surface area contributed by atoms with Gasteiger partial charge in [0.15, 0.2) is 8.32 Å². The molecule has 3 heteroatoms. The molecule has 0 amide bonds. The van der Waals surface area contributed by atoms with E-state index in [-0.39, 0.29) is 0 Å². The fourth-order valence-corrected chi connectivity index (χ4v) is 3.58. The summed E-state index contributed by atoms with van der Waals surface area (Å²) in [6, 6.07) is 10.6. The molecule has 0 radical (unpaired) electrons. The number of hydrogen-bond donors (Lipinski definition) is 0. The van der Waals surface area contributed by atoms with E-state index in [0.29, 0.717) is 6.10 Å². The van der Waals surface area contributed by atoms with Crippen molar-refractivity contribution in [2.75, 3.05) is 4.05 Å². The number of halogens is 1. The quantitative estimate of drug-likeness (QED) is 0.276. The second-order valence-electron chi connectivity index (χ2n) is 5.18. The summed E-state index contributed by atoms with van der Waals surface area (Å²) in [5, 5.41) is 0. The average molecular weight is 374 g/mol. The maximum absolute atomic E-state index is 6.31. The van der Waals surface area contributed by atoms with Crippen molar-refractivity contribution in [3.8, 4) is 0 Å². The lowest BCUT2D eigenvalue weighted by molar-refractivity contribution is 0.187. The Labute approximate surface area is 126 Å². The van der Waals surface area contributed by atoms with Gasteiger partial charge in [0.25, 0.3) is 0 Å². The molecule has 0 saturated heterocycles. The highest BCUT2D eigenvalue weighted by molar-refractivity contribution is 14.1. The van der Waals surface area contributed by atoms with Gasteiger partial charge in [-0.25, -0.2) is 0 Å². The standard InChI is InChI=1S/C15H23IOSi/c1-4-8-15(17-18(2,3)13-16)12-11-14-9-6-5-7-10-14/h4-7,9-10,15H,1,8,11-13H2,2-3H3. The number of benzene rings is 1. The van der Waals surface area contributed by atoms with E-state index >= 15 is 0 Å². The van der Waals surface area contributed by atoms with Gasteiger partial charge in [-0.15, -0.1) is 6.58 Å². The van der Waals surface area contributed by atoms with Crippen molar-refractivity contribution in [3.63, 3.8) is 0 Å². The minimum Gasteiger partial charge on any atom is -0.413 e. The van der Waals surface area contributed by atoms with Gasteiger partial charge in [0.05, 0.1) is 0 Å². The summed E-state index contributed by atoms with van der Waals surface area (Å²) in [5.41, 5.74) is 1.39. The summed E-state index contributed by atoms with van der Waals surface area (Å²) < 4.78 is 7.45. The molecule has 0 aliphatic carbocycles. The van der Waals surface area contributed by atoms with Gasteiger partial charge in [0.1, 0.15) is 0 Å². The minimum atomic E-state index is -1.48. The fourth-order valence-electron chi connectivity index (χ4n) is 1.87. The molecule has 1 atom stereocenters. The maximum atomic E-state index is 6.31. The molecular weight excluding hydrogens is 351 g/mol. The second kappa shape index (κ2) is 8.12. The Morgan fingerprint density at radius 3 is 2.56 bits per heavy atom. The van der Waals surface area contributed by atoms with Crippen molar-refractivity contribution in [2.24, 2.45) is 0 Å². The minimum absolute atomic E-state index is 0.333. The predicted molar refractivity (Wildman–Crippen MR) is 90.8 cm³/mol. The molecule has 0 spiro atoms. The van der Waals surface area contributed by atoms with Crippen molar-refractivity contribution in [1.82, 2.24) is 0 Å². The van der Waals surface area contributed by atoms with E-state index in [0.717, 1.165) is 23.3 Å². The van der Waals surface area contributed by atoms with Gasteiger partial charge < -0.3 is 4.43 Å². The maximum Gasteiger partial charge on any atom is 0.196 e. The van der Waals surface area contributed by atoms with Crippen LogP contribution in [-0.2, 0) is 10.8 Å². The van der Waals surface area contributed by atoms with Gasteiger partial charge >= 0.3 is 0 Å². The molecule has 0 bridgehead atoms. The predicted octanol–water partition coefficient (Wildman–Crippen LogP) is 4.76. The first-order valence-electron chi connectivity index (χ1n) is 6.46. The fraction of sp³-hybridized carbons (Fsp3) is 0.467. The molecule has 1 aromatic rings. The van der Waals surface area contributed by atoms with Crippen LogP contribution < -0.4 is 0 Å². The van der Waals surface area contributed by atoms with Gasteiger partial charge in [-0.3, -0.25) is 0 Å². The van der Waals surface area contributed by atoms with Crippen molar-refractivity contribution in [2.45, 2.75) is 38.5 Å².